The van der Waals surface area contributed by atoms with Gasteiger partial charge in [0, 0.05) is 12.3 Å². The first-order valence-electron chi connectivity index (χ1n) is 5.60. The Labute approximate surface area is 113 Å². The molecule has 1 rings (SSSR count). The van der Waals surface area contributed by atoms with Crippen molar-refractivity contribution in [3.05, 3.63) is 15.6 Å². The van der Waals surface area contributed by atoms with Gasteiger partial charge in [-0.3, -0.25) is 0 Å². The summed E-state index contributed by atoms with van der Waals surface area (Å²) in [7, 11) is 0. The zero-order chi connectivity index (χ0) is 13.8. The van der Waals surface area contributed by atoms with Crippen molar-refractivity contribution >= 4 is 23.1 Å². The van der Waals surface area contributed by atoms with E-state index in [1.165, 1.54) is 11.8 Å². The molecule has 1 aromatic heterocycles. The molecule has 104 valence electrons. The Bertz CT molecular complexity index is 375. The molecular formula is C11H17F3N2S2. The van der Waals surface area contributed by atoms with Crippen LogP contribution in [0.15, 0.2) is 0 Å². The maximum absolute atomic E-state index is 12.8. The molecule has 0 aliphatic heterocycles. The van der Waals surface area contributed by atoms with Crippen molar-refractivity contribution in [3.63, 3.8) is 0 Å². The zero-order valence-electron chi connectivity index (χ0n) is 10.6. The number of aromatic nitrogens is 1. The minimum Gasteiger partial charge on any atom is -0.312 e. The van der Waals surface area contributed by atoms with Gasteiger partial charge in [-0.15, -0.1) is 11.3 Å². The summed E-state index contributed by atoms with van der Waals surface area (Å²) in [4.78, 5) is 3.99. The molecule has 0 bridgehead atoms. The van der Waals surface area contributed by atoms with Crippen molar-refractivity contribution in [1.29, 1.82) is 0 Å². The van der Waals surface area contributed by atoms with Crippen LogP contribution in [-0.2, 0) is 18.5 Å². The van der Waals surface area contributed by atoms with Crippen LogP contribution in [0.5, 0.6) is 0 Å². The number of alkyl halides is 3. The Morgan fingerprint density at radius 1 is 1.39 bits per heavy atom. The highest BCUT2D eigenvalue weighted by Gasteiger charge is 2.37. The molecule has 0 radical (unpaired) electrons. The van der Waals surface area contributed by atoms with Gasteiger partial charge in [-0.1, -0.05) is 13.8 Å². The van der Waals surface area contributed by atoms with Crippen molar-refractivity contribution in [1.82, 2.24) is 10.3 Å². The summed E-state index contributed by atoms with van der Waals surface area (Å²) in [5.74, 6) is 0.940. The Hall–Kier alpha value is -0.270. The summed E-state index contributed by atoms with van der Waals surface area (Å²) < 4.78 is 38.4. The number of rotatable bonds is 6. The first kappa shape index (κ1) is 15.8. The molecule has 0 amide bonds. The topological polar surface area (TPSA) is 24.9 Å². The van der Waals surface area contributed by atoms with E-state index in [1.807, 2.05) is 20.1 Å². The molecule has 1 aromatic rings. The molecule has 2 nitrogen and oxygen atoms in total. The monoisotopic (exact) mass is 298 g/mol. The Kier molecular flexibility index (Phi) is 5.94. The lowest BCUT2D eigenvalue weighted by molar-refractivity contribution is -0.141. The SMILES string of the molecule is CSCc1nc(C(F)(F)F)c(CNCC(C)C)s1. The van der Waals surface area contributed by atoms with E-state index in [-0.39, 0.29) is 11.4 Å². The lowest BCUT2D eigenvalue weighted by Gasteiger charge is -2.08. The van der Waals surface area contributed by atoms with Crippen LogP contribution in [0.1, 0.15) is 29.4 Å². The molecule has 18 heavy (non-hydrogen) atoms. The van der Waals surface area contributed by atoms with Crippen LogP contribution in [0.3, 0.4) is 0 Å². The number of hydrogen-bond acceptors (Lipinski definition) is 4. The first-order valence-corrected chi connectivity index (χ1v) is 7.81. The van der Waals surface area contributed by atoms with E-state index in [0.29, 0.717) is 23.2 Å². The third kappa shape index (κ3) is 4.78. The second-order valence-electron chi connectivity index (χ2n) is 4.33. The van der Waals surface area contributed by atoms with E-state index in [1.54, 1.807) is 0 Å². The zero-order valence-corrected chi connectivity index (χ0v) is 12.2. The fourth-order valence-electron chi connectivity index (χ4n) is 1.40. The highest BCUT2D eigenvalue weighted by atomic mass is 32.2. The minimum absolute atomic E-state index is 0.235. The van der Waals surface area contributed by atoms with Crippen LogP contribution in [0.2, 0.25) is 0 Å². The number of hydrogen-bond donors (Lipinski definition) is 1. The van der Waals surface area contributed by atoms with Gasteiger partial charge in [0.05, 0.1) is 4.88 Å². The van der Waals surface area contributed by atoms with Gasteiger partial charge in [0.1, 0.15) is 5.01 Å². The van der Waals surface area contributed by atoms with E-state index in [9.17, 15) is 13.2 Å². The summed E-state index contributed by atoms with van der Waals surface area (Å²) in [6.45, 7) is 4.97. The number of nitrogens with one attached hydrogen (secondary N) is 1. The number of nitrogens with zero attached hydrogens (tertiary/aromatic N) is 1. The van der Waals surface area contributed by atoms with Crippen LogP contribution in [0, 0.1) is 5.92 Å². The summed E-state index contributed by atoms with van der Waals surface area (Å²) in [5, 5.41) is 3.57. The van der Waals surface area contributed by atoms with Crippen LogP contribution in [0.25, 0.3) is 0 Å². The van der Waals surface area contributed by atoms with Crippen LogP contribution in [-0.4, -0.2) is 17.8 Å². The van der Waals surface area contributed by atoms with Gasteiger partial charge in [0.2, 0.25) is 0 Å². The van der Waals surface area contributed by atoms with Crippen molar-refractivity contribution < 1.29 is 13.2 Å². The summed E-state index contributed by atoms with van der Waals surface area (Å²) in [6, 6.07) is 0. The smallest absolute Gasteiger partial charge is 0.312 e. The Balaban J connectivity index is 2.80. The number of thiazole rings is 1. The van der Waals surface area contributed by atoms with E-state index < -0.39 is 11.9 Å². The van der Waals surface area contributed by atoms with Crippen LogP contribution < -0.4 is 5.32 Å². The lowest BCUT2D eigenvalue weighted by atomic mass is 10.2. The Morgan fingerprint density at radius 2 is 2.06 bits per heavy atom. The highest BCUT2D eigenvalue weighted by molar-refractivity contribution is 7.97. The molecule has 1 N–H and O–H groups in total. The van der Waals surface area contributed by atoms with Crippen LogP contribution >= 0.6 is 23.1 Å². The van der Waals surface area contributed by atoms with E-state index >= 15 is 0 Å². The van der Waals surface area contributed by atoms with Crippen molar-refractivity contribution in [2.45, 2.75) is 32.3 Å². The predicted molar refractivity (Wildman–Crippen MR) is 70.9 cm³/mol. The second-order valence-corrected chi connectivity index (χ2v) is 6.37. The van der Waals surface area contributed by atoms with E-state index in [0.717, 1.165) is 11.3 Å². The standard InChI is InChI=1S/C11H17F3N2S2/c1-7(2)4-15-5-8-10(11(12,13)14)16-9(18-8)6-17-3/h7,15H,4-6H2,1-3H3. The van der Waals surface area contributed by atoms with Crippen LogP contribution in [0.4, 0.5) is 13.2 Å². The van der Waals surface area contributed by atoms with Gasteiger partial charge < -0.3 is 5.32 Å². The molecule has 0 aliphatic carbocycles. The average Bonchev–Trinajstić information content (AvgIpc) is 2.61. The van der Waals surface area contributed by atoms with Gasteiger partial charge in [-0.25, -0.2) is 4.98 Å². The molecule has 0 aromatic carbocycles. The molecule has 0 unspecified atom stereocenters. The molecular weight excluding hydrogens is 281 g/mol. The third-order valence-corrected chi connectivity index (χ3v) is 3.92. The van der Waals surface area contributed by atoms with Crippen molar-refractivity contribution in [2.75, 3.05) is 12.8 Å². The third-order valence-electron chi connectivity index (χ3n) is 2.12. The first-order chi connectivity index (χ1) is 8.34. The van der Waals surface area contributed by atoms with Gasteiger partial charge in [0.25, 0.3) is 0 Å². The number of thioether (sulfide) groups is 1. The van der Waals surface area contributed by atoms with Crippen molar-refractivity contribution in [2.24, 2.45) is 5.92 Å². The predicted octanol–water partition coefficient (Wildman–Crippen LogP) is 3.77. The maximum Gasteiger partial charge on any atom is 0.434 e. The van der Waals surface area contributed by atoms with Gasteiger partial charge in [0.15, 0.2) is 5.69 Å². The molecule has 0 saturated carbocycles. The second kappa shape index (κ2) is 6.77. The van der Waals surface area contributed by atoms with E-state index in [4.69, 9.17) is 0 Å². The largest absolute Gasteiger partial charge is 0.434 e. The minimum atomic E-state index is -4.36. The summed E-state index contributed by atoms with van der Waals surface area (Å²) in [6.07, 6.45) is -2.51. The lowest BCUT2D eigenvalue weighted by Crippen LogP contribution is -2.20. The van der Waals surface area contributed by atoms with Gasteiger partial charge in [-0.2, -0.15) is 24.9 Å². The molecule has 1 heterocycles. The summed E-state index contributed by atoms with van der Waals surface area (Å²) in [5.41, 5.74) is -0.729. The Morgan fingerprint density at radius 3 is 2.56 bits per heavy atom. The normalized spacial score (nSPS) is 12.4. The molecule has 0 atom stereocenters. The van der Waals surface area contributed by atoms with Gasteiger partial charge in [-0.05, 0) is 18.7 Å². The average molecular weight is 298 g/mol. The molecule has 0 spiro atoms. The highest BCUT2D eigenvalue weighted by Crippen LogP contribution is 2.35. The quantitative estimate of drug-likeness (QED) is 0.865. The number of halogens is 3. The fraction of sp³-hybridized carbons (Fsp3) is 0.727. The van der Waals surface area contributed by atoms with Crippen molar-refractivity contribution in [3.8, 4) is 0 Å². The van der Waals surface area contributed by atoms with Gasteiger partial charge >= 0.3 is 6.18 Å². The molecule has 0 aliphatic rings. The fourth-order valence-corrected chi connectivity index (χ4v) is 3.16. The molecule has 7 heteroatoms. The molecule has 0 saturated heterocycles. The maximum atomic E-state index is 12.8. The summed E-state index contributed by atoms with van der Waals surface area (Å²) >= 11 is 2.62. The molecule has 0 fully saturated rings. The van der Waals surface area contributed by atoms with E-state index in [2.05, 4.69) is 10.3 Å².